The van der Waals surface area contributed by atoms with Gasteiger partial charge >= 0.3 is 5.51 Å². The van der Waals surface area contributed by atoms with Crippen molar-refractivity contribution >= 4 is 33.8 Å². The van der Waals surface area contributed by atoms with Crippen LogP contribution in [0.15, 0.2) is 29.2 Å². The van der Waals surface area contributed by atoms with Gasteiger partial charge in [-0.25, -0.2) is 8.42 Å². The van der Waals surface area contributed by atoms with Crippen LogP contribution in [0.2, 0.25) is 0 Å². The lowest BCUT2D eigenvalue weighted by Crippen LogP contribution is -2.34. The van der Waals surface area contributed by atoms with Crippen LogP contribution >= 0.6 is 12.4 Å². The standard InChI is InChI=1S/C13H15F3N2O3S.ClH/c14-13(15,16)22(20,21)9-4-1-3-8(7-9)18-12(19)10-5-2-6-11(10)17;/h1,3-4,7,10-11H,2,5-6,17H2,(H,18,19);1H. The molecule has 0 aliphatic heterocycles. The summed E-state index contributed by atoms with van der Waals surface area (Å²) in [5.74, 6) is -0.825. The lowest BCUT2D eigenvalue weighted by molar-refractivity contribution is -0.120. The summed E-state index contributed by atoms with van der Waals surface area (Å²) in [6, 6.07) is 3.81. The molecule has 23 heavy (non-hydrogen) atoms. The lowest BCUT2D eigenvalue weighted by atomic mass is 10.0. The van der Waals surface area contributed by atoms with E-state index in [1.165, 1.54) is 6.07 Å². The van der Waals surface area contributed by atoms with Gasteiger partial charge in [0.1, 0.15) is 0 Å². The van der Waals surface area contributed by atoms with Gasteiger partial charge < -0.3 is 11.1 Å². The van der Waals surface area contributed by atoms with Crippen LogP contribution in [0.25, 0.3) is 0 Å². The zero-order valence-electron chi connectivity index (χ0n) is 11.8. The number of anilines is 1. The van der Waals surface area contributed by atoms with E-state index in [-0.39, 0.29) is 24.1 Å². The molecule has 1 aromatic carbocycles. The number of rotatable bonds is 3. The monoisotopic (exact) mass is 372 g/mol. The van der Waals surface area contributed by atoms with Crippen molar-refractivity contribution in [3.63, 3.8) is 0 Å². The Morgan fingerprint density at radius 1 is 1.26 bits per heavy atom. The smallest absolute Gasteiger partial charge is 0.327 e. The van der Waals surface area contributed by atoms with Gasteiger partial charge in [0.15, 0.2) is 0 Å². The second kappa shape index (κ2) is 7.06. The number of hydrogen-bond donors (Lipinski definition) is 2. The normalized spacial score (nSPS) is 21.6. The van der Waals surface area contributed by atoms with Crippen molar-refractivity contribution in [2.45, 2.75) is 35.7 Å². The molecule has 0 heterocycles. The number of halogens is 4. The highest BCUT2D eigenvalue weighted by Crippen LogP contribution is 2.31. The molecule has 0 saturated heterocycles. The van der Waals surface area contributed by atoms with Crippen LogP contribution in [0.1, 0.15) is 19.3 Å². The maximum Gasteiger partial charge on any atom is 0.501 e. The van der Waals surface area contributed by atoms with Gasteiger partial charge in [-0.15, -0.1) is 12.4 Å². The minimum atomic E-state index is -5.44. The summed E-state index contributed by atoms with van der Waals surface area (Å²) < 4.78 is 60.2. The van der Waals surface area contributed by atoms with Gasteiger partial charge in [-0.05, 0) is 31.0 Å². The quantitative estimate of drug-likeness (QED) is 0.853. The third-order valence-corrected chi connectivity index (χ3v) is 5.11. The van der Waals surface area contributed by atoms with Gasteiger partial charge in [0, 0.05) is 11.7 Å². The van der Waals surface area contributed by atoms with Crippen molar-refractivity contribution in [2.24, 2.45) is 11.7 Å². The number of carbonyl (C=O) groups excluding carboxylic acids is 1. The van der Waals surface area contributed by atoms with E-state index in [1.54, 1.807) is 0 Å². The fraction of sp³-hybridized carbons (Fsp3) is 0.462. The average molecular weight is 373 g/mol. The topological polar surface area (TPSA) is 89.3 Å². The van der Waals surface area contributed by atoms with Crippen LogP contribution in [0.3, 0.4) is 0 Å². The molecule has 1 aliphatic carbocycles. The van der Waals surface area contributed by atoms with Gasteiger partial charge in [-0.1, -0.05) is 12.5 Å². The van der Waals surface area contributed by atoms with Gasteiger partial charge in [0.2, 0.25) is 5.91 Å². The third-order valence-electron chi connectivity index (χ3n) is 3.62. The van der Waals surface area contributed by atoms with E-state index >= 15 is 0 Å². The number of amides is 1. The molecule has 1 amide bonds. The first-order valence-electron chi connectivity index (χ1n) is 6.61. The highest BCUT2D eigenvalue weighted by molar-refractivity contribution is 7.92. The van der Waals surface area contributed by atoms with Crippen LogP contribution in [-0.2, 0) is 14.6 Å². The molecule has 0 radical (unpaired) electrons. The number of nitrogens with two attached hydrogens (primary N) is 1. The molecule has 130 valence electrons. The van der Waals surface area contributed by atoms with Crippen molar-refractivity contribution in [1.29, 1.82) is 0 Å². The van der Waals surface area contributed by atoms with Gasteiger partial charge in [-0.2, -0.15) is 13.2 Å². The zero-order chi connectivity index (χ0) is 16.5. The summed E-state index contributed by atoms with van der Waals surface area (Å²) >= 11 is 0. The van der Waals surface area contributed by atoms with E-state index in [4.69, 9.17) is 5.73 Å². The molecule has 1 saturated carbocycles. The van der Waals surface area contributed by atoms with E-state index in [9.17, 15) is 26.4 Å². The molecular weight excluding hydrogens is 357 g/mol. The maximum absolute atomic E-state index is 12.5. The second-order valence-electron chi connectivity index (χ2n) is 5.17. The average Bonchev–Trinajstić information content (AvgIpc) is 2.84. The summed E-state index contributed by atoms with van der Waals surface area (Å²) in [5, 5.41) is 2.43. The molecule has 5 nitrogen and oxygen atoms in total. The fourth-order valence-electron chi connectivity index (χ4n) is 2.42. The Balaban J connectivity index is 0.00000264. The molecule has 2 unspecified atom stereocenters. The molecule has 2 atom stereocenters. The Bertz CT molecular complexity index is 679. The molecule has 0 aromatic heterocycles. The Kier molecular flexibility index (Phi) is 6.06. The third kappa shape index (κ3) is 4.15. The zero-order valence-corrected chi connectivity index (χ0v) is 13.5. The van der Waals surface area contributed by atoms with Gasteiger partial charge in [0.25, 0.3) is 9.84 Å². The summed E-state index contributed by atoms with van der Waals surface area (Å²) in [6.45, 7) is 0. The molecule has 2 rings (SSSR count). The first kappa shape index (κ1) is 19.7. The van der Waals surface area contributed by atoms with Crippen molar-refractivity contribution in [3.05, 3.63) is 24.3 Å². The van der Waals surface area contributed by atoms with Crippen LogP contribution in [0.5, 0.6) is 0 Å². The van der Waals surface area contributed by atoms with E-state index in [2.05, 4.69) is 5.32 Å². The Hall–Kier alpha value is -1.32. The van der Waals surface area contributed by atoms with Gasteiger partial charge in [0.05, 0.1) is 10.8 Å². The summed E-state index contributed by atoms with van der Waals surface area (Å²) in [7, 11) is -5.44. The molecule has 1 fully saturated rings. The van der Waals surface area contributed by atoms with E-state index in [1.807, 2.05) is 0 Å². The summed E-state index contributed by atoms with van der Waals surface area (Å²) in [4.78, 5) is 11.1. The number of alkyl halides is 3. The highest BCUT2D eigenvalue weighted by atomic mass is 35.5. The van der Waals surface area contributed by atoms with Crippen molar-refractivity contribution in [3.8, 4) is 0 Å². The lowest BCUT2D eigenvalue weighted by Gasteiger charge is -2.15. The predicted octanol–water partition coefficient (Wildman–Crippen LogP) is 2.47. The SMILES string of the molecule is Cl.NC1CCCC1C(=O)Nc1cccc(S(=O)(=O)C(F)(F)F)c1. The Morgan fingerprint density at radius 2 is 1.91 bits per heavy atom. The molecule has 1 aliphatic rings. The molecule has 0 bridgehead atoms. The maximum atomic E-state index is 12.5. The number of sulfone groups is 1. The number of carbonyl (C=O) groups is 1. The molecule has 1 aromatic rings. The fourth-order valence-corrected chi connectivity index (χ4v) is 3.23. The molecule has 10 heteroatoms. The predicted molar refractivity (Wildman–Crippen MR) is 80.9 cm³/mol. The Morgan fingerprint density at radius 3 is 2.43 bits per heavy atom. The van der Waals surface area contributed by atoms with E-state index in [0.29, 0.717) is 12.8 Å². The minimum absolute atomic E-state index is 0. The first-order valence-corrected chi connectivity index (χ1v) is 8.09. The molecule has 0 spiro atoms. The molecule has 3 N–H and O–H groups in total. The van der Waals surface area contributed by atoms with Crippen LogP contribution in [0.4, 0.5) is 18.9 Å². The number of hydrogen-bond acceptors (Lipinski definition) is 4. The van der Waals surface area contributed by atoms with E-state index < -0.39 is 32.1 Å². The second-order valence-corrected chi connectivity index (χ2v) is 7.11. The van der Waals surface area contributed by atoms with Crippen molar-refractivity contribution in [1.82, 2.24) is 0 Å². The van der Waals surface area contributed by atoms with Crippen LogP contribution < -0.4 is 11.1 Å². The minimum Gasteiger partial charge on any atom is -0.327 e. The highest BCUT2D eigenvalue weighted by Gasteiger charge is 2.46. The molecular formula is C13H16ClF3N2O3S. The summed E-state index contributed by atoms with van der Waals surface area (Å²) in [5.41, 5.74) is 0.394. The van der Waals surface area contributed by atoms with Crippen LogP contribution in [0, 0.1) is 5.92 Å². The number of nitrogens with one attached hydrogen (secondary N) is 1. The van der Waals surface area contributed by atoms with E-state index in [0.717, 1.165) is 24.6 Å². The first-order chi connectivity index (χ1) is 10.1. The van der Waals surface area contributed by atoms with Crippen LogP contribution in [-0.4, -0.2) is 25.9 Å². The summed E-state index contributed by atoms with van der Waals surface area (Å²) in [6.07, 6.45) is 2.12. The van der Waals surface area contributed by atoms with Crippen molar-refractivity contribution in [2.75, 3.05) is 5.32 Å². The van der Waals surface area contributed by atoms with Gasteiger partial charge in [-0.3, -0.25) is 4.79 Å². The van der Waals surface area contributed by atoms with Crippen molar-refractivity contribution < 1.29 is 26.4 Å². The Labute approximate surface area is 137 Å². The largest absolute Gasteiger partial charge is 0.501 e. The number of benzene rings is 1.